The number of nitrogens with one attached hydrogen (secondary N) is 1. The van der Waals surface area contributed by atoms with Gasteiger partial charge in [0.25, 0.3) is 0 Å². The van der Waals surface area contributed by atoms with Gasteiger partial charge in [0.2, 0.25) is 5.91 Å². The first-order valence-corrected chi connectivity index (χ1v) is 5.76. The van der Waals surface area contributed by atoms with Crippen molar-refractivity contribution in [2.45, 2.75) is 19.4 Å². The van der Waals surface area contributed by atoms with E-state index in [0.717, 1.165) is 5.56 Å². The van der Waals surface area contributed by atoms with Gasteiger partial charge in [-0.2, -0.15) is 0 Å². The second-order valence-electron chi connectivity index (χ2n) is 3.95. The first kappa shape index (κ1) is 12.3. The zero-order chi connectivity index (χ0) is 13.0. The number of nitrogens with zero attached hydrogens (tertiary/aromatic N) is 1. The van der Waals surface area contributed by atoms with Gasteiger partial charge in [-0.3, -0.25) is 4.79 Å². The van der Waals surface area contributed by atoms with E-state index in [2.05, 4.69) is 10.3 Å². The van der Waals surface area contributed by atoms with E-state index in [9.17, 15) is 4.79 Å². The number of hydrogen-bond acceptors (Lipinski definition) is 4. The third-order valence-corrected chi connectivity index (χ3v) is 2.62. The summed E-state index contributed by atoms with van der Waals surface area (Å²) in [6.07, 6.45) is 3.60. The summed E-state index contributed by atoms with van der Waals surface area (Å²) in [4.78, 5) is 15.5. The molecule has 0 bridgehead atoms. The molecule has 1 amide bonds. The van der Waals surface area contributed by atoms with Crippen LogP contribution < -0.4 is 11.1 Å². The summed E-state index contributed by atoms with van der Waals surface area (Å²) in [5.41, 5.74) is 7.21. The molecule has 1 aromatic heterocycles. The predicted octanol–water partition coefficient (Wildman–Crippen LogP) is 2.02. The third kappa shape index (κ3) is 2.75. The van der Waals surface area contributed by atoms with Crippen LogP contribution in [-0.4, -0.2) is 16.9 Å². The minimum atomic E-state index is -0.487. The minimum Gasteiger partial charge on any atom is -0.444 e. The molecule has 2 rings (SSSR count). The molecule has 1 aromatic carbocycles. The van der Waals surface area contributed by atoms with Gasteiger partial charge < -0.3 is 15.5 Å². The Balaban J connectivity index is 2.16. The van der Waals surface area contributed by atoms with E-state index in [1.165, 1.54) is 6.39 Å². The lowest BCUT2D eigenvalue weighted by Crippen LogP contribution is -2.34. The van der Waals surface area contributed by atoms with E-state index in [0.29, 0.717) is 17.9 Å². The first-order chi connectivity index (χ1) is 8.70. The van der Waals surface area contributed by atoms with Crippen LogP contribution in [-0.2, 0) is 4.79 Å². The summed E-state index contributed by atoms with van der Waals surface area (Å²) in [6, 6.07) is 6.86. The number of rotatable bonds is 4. The van der Waals surface area contributed by atoms with E-state index in [-0.39, 0.29) is 5.91 Å². The highest BCUT2D eigenvalue weighted by molar-refractivity contribution is 5.95. The maximum Gasteiger partial charge on any atom is 0.241 e. The Hall–Kier alpha value is -2.14. The molecule has 1 atom stereocenters. The average molecular weight is 245 g/mol. The fraction of sp³-hybridized carbons (Fsp3) is 0.231. The van der Waals surface area contributed by atoms with Gasteiger partial charge in [-0.1, -0.05) is 19.1 Å². The molecule has 5 heteroatoms. The lowest BCUT2D eigenvalue weighted by Gasteiger charge is -2.10. The molecule has 0 spiro atoms. The molecule has 0 radical (unpaired) electrons. The summed E-state index contributed by atoms with van der Waals surface area (Å²) in [5.74, 6) is 0.470. The van der Waals surface area contributed by atoms with Crippen LogP contribution in [0.5, 0.6) is 0 Å². The summed E-state index contributed by atoms with van der Waals surface area (Å²) >= 11 is 0. The van der Waals surface area contributed by atoms with Crippen molar-refractivity contribution >= 4 is 11.6 Å². The van der Waals surface area contributed by atoms with Crippen LogP contribution in [0, 0.1) is 0 Å². The highest BCUT2D eigenvalue weighted by atomic mass is 16.3. The van der Waals surface area contributed by atoms with Gasteiger partial charge in [0.15, 0.2) is 12.2 Å². The van der Waals surface area contributed by atoms with E-state index in [1.54, 1.807) is 12.3 Å². The lowest BCUT2D eigenvalue weighted by molar-refractivity contribution is -0.117. The number of benzene rings is 1. The monoisotopic (exact) mass is 245 g/mol. The zero-order valence-corrected chi connectivity index (χ0v) is 10.1. The predicted molar refractivity (Wildman–Crippen MR) is 68.8 cm³/mol. The SMILES string of the molecule is CC[C@H](N)C(=O)Nc1cccc(-c2cnco2)c1. The molecule has 0 unspecified atom stereocenters. The largest absolute Gasteiger partial charge is 0.444 e. The molecule has 0 aliphatic heterocycles. The summed E-state index contributed by atoms with van der Waals surface area (Å²) in [7, 11) is 0. The maximum absolute atomic E-state index is 11.7. The highest BCUT2D eigenvalue weighted by Crippen LogP contribution is 2.22. The van der Waals surface area contributed by atoms with Crippen LogP contribution in [0.4, 0.5) is 5.69 Å². The Morgan fingerprint density at radius 1 is 1.56 bits per heavy atom. The van der Waals surface area contributed by atoms with Crippen molar-refractivity contribution in [3.63, 3.8) is 0 Å². The van der Waals surface area contributed by atoms with Crippen LogP contribution in [0.3, 0.4) is 0 Å². The van der Waals surface area contributed by atoms with Gasteiger partial charge in [0, 0.05) is 11.3 Å². The quantitative estimate of drug-likeness (QED) is 0.863. The lowest BCUT2D eigenvalue weighted by atomic mass is 10.1. The molecule has 0 fully saturated rings. The molecule has 1 heterocycles. The zero-order valence-electron chi connectivity index (χ0n) is 10.1. The van der Waals surface area contributed by atoms with Crippen LogP contribution in [0.1, 0.15) is 13.3 Å². The maximum atomic E-state index is 11.7. The average Bonchev–Trinajstić information content (AvgIpc) is 2.92. The number of aromatic nitrogens is 1. The summed E-state index contributed by atoms with van der Waals surface area (Å²) in [5, 5.41) is 2.77. The van der Waals surface area contributed by atoms with Gasteiger partial charge >= 0.3 is 0 Å². The number of hydrogen-bond donors (Lipinski definition) is 2. The van der Waals surface area contributed by atoms with Crippen molar-refractivity contribution in [3.8, 4) is 11.3 Å². The Kier molecular flexibility index (Phi) is 3.74. The molecule has 18 heavy (non-hydrogen) atoms. The Labute approximate surface area is 105 Å². The van der Waals surface area contributed by atoms with E-state index < -0.39 is 6.04 Å². The molecule has 0 aliphatic rings. The normalized spacial score (nSPS) is 12.1. The molecule has 0 saturated carbocycles. The fourth-order valence-electron chi connectivity index (χ4n) is 1.53. The topological polar surface area (TPSA) is 81.2 Å². The van der Waals surface area contributed by atoms with Crippen LogP contribution >= 0.6 is 0 Å². The fourth-order valence-corrected chi connectivity index (χ4v) is 1.53. The van der Waals surface area contributed by atoms with Gasteiger partial charge in [-0.25, -0.2) is 4.98 Å². The Morgan fingerprint density at radius 3 is 3.06 bits per heavy atom. The van der Waals surface area contributed by atoms with Crippen molar-refractivity contribution in [1.82, 2.24) is 4.98 Å². The van der Waals surface area contributed by atoms with E-state index in [4.69, 9.17) is 10.2 Å². The van der Waals surface area contributed by atoms with Crippen molar-refractivity contribution in [3.05, 3.63) is 36.9 Å². The van der Waals surface area contributed by atoms with E-state index >= 15 is 0 Å². The van der Waals surface area contributed by atoms with Gasteiger partial charge in [0.1, 0.15) is 0 Å². The molecule has 0 aliphatic carbocycles. The molecule has 0 saturated heterocycles. The summed E-state index contributed by atoms with van der Waals surface area (Å²) < 4.78 is 5.20. The number of nitrogens with two attached hydrogens (primary N) is 1. The van der Waals surface area contributed by atoms with Crippen LogP contribution in [0.2, 0.25) is 0 Å². The van der Waals surface area contributed by atoms with Gasteiger partial charge in [0.05, 0.1) is 12.2 Å². The molecular formula is C13H15N3O2. The second-order valence-corrected chi connectivity index (χ2v) is 3.95. The Morgan fingerprint density at radius 2 is 2.39 bits per heavy atom. The minimum absolute atomic E-state index is 0.188. The summed E-state index contributed by atoms with van der Waals surface area (Å²) in [6.45, 7) is 1.87. The van der Waals surface area contributed by atoms with Crippen LogP contribution in [0.25, 0.3) is 11.3 Å². The number of carbonyl (C=O) groups excluding carboxylic acids is 1. The number of anilines is 1. The molecule has 5 nitrogen and oxygen atoms in total. The Bertz CT molecular complexity index is 523. The van der Waals surface area contributed by atoms with Gasteiger partial charge in [-0.05, 0) is 18.6 Å². The molecule has 3 N–H and O–H groups in total. The molecule has 94 valence electrons. The number of carbonyl (C=O) groups is 1. The highest BCUT2D eigenvalue weighted by Gasteiger charge is 2.11. The van der Waals surface area contributed by atoms with Crippen molar-refractivity contribution in [2.24, 2.45) is 5.73 Å². The van der Waals surface area contributed by atoms with Gasteiger partial charge in [-0.15, -0.1) is 0 Å². The first-order valence-electron chi connectivity index (χ1n) is 5.76. The second kappa shape index (κ2) is 5.46. The van der Waals surface area contributed by atoms with Crippen molar-refractivity contribution < 1.29 is 9.21 Å². The van der Waals surface area contributed by atoms with E-state index in [1.807, 2.05) is 25.1 Å². The smallest absolute Gasteiger partial charge is 0.241 e. The molecular weight excluding hydrogens is 230 g/mol. The standard InChI is InChI=1S/C13H15N3O2/c1-2-11(14)13(17)16-10-5-3-4-9(6-10)12-7-15-8-18-12/h3-8,11H,2,14H2,1H3,(H,16,17)/t11-/m0/s1. The number of amides is 1. The third-order valence-electron chi connectivity index (χ3n) is 2.62. The van der Waals surface area contributed by atoms with Crippen LogP contribution in [0.15, 0.2) is 41.3 Å². The van der Waals surface area contributed by atoms with Crippen molar-refractivity contribution in [2.75, 3.05) is 5.32 Å². The molecule has 2 aromatic rings. The van der Waals surface area contributed by atoms with Crippen molar-refractivity contribution in [1.29, 1.82) is 0 Å². The number of oxazole rings is 1.